The van der Waals surface area contributed by atoms with Crippen LogP contribution in [0.1, 0.15) is 28.3 Å². The topological polar surface area (TPSA) is 26.0 Å². The zero-order valence-corrected chi connectivity index (χ0v) is 12.2. The zero-order valence-electron chi connectivity index (χ0n) is 10.7. The van der Waals surface area contributed by atoms with Crippen molar-refractivity contribution in [3.63, 3.8) is 0 Å². The van der Waals surface area contributed by atoms with Crippen LogP contribution in [0.4, 0.5) is 4.39 Å². The summed E-state index contributed by atoms with van der Waals surface area (Å²) in [4.78, 5) is 0. The summed E-state index contributed by atoms with van der Waals surface area (Å²) in [5, 5.41) is 0.988. The third-order valence-corrected chi connectivity index (χ3v) is 3.80. The molecule has 19 heavy (non-hydrogen) atoms. The predicted molar refractivity (Wildman–Crippen MR) is 78.4 cm³/mol. The minimum atomic E-state index is -0.634. The van der Waals surface area contributed by atoms with Crippen molar-refractivity contribution in [2.24, 2.45) is 5.73 Å². The van der Waals surface area contributed by atoms with E-state index in [4.69, 9.17) is 28.9 Å². The third kappa shape index (κ3) is 2.92. The summed E-state index contributed by atoms with van der Waals surface area (Å²) in [6.07, 6.45) is 0. The molecular formula is C15H14Cl2FN. The Kier molecular flexibility index (Phi) is 4.14. The number of hydrogen-bond donors (Lipinski definition) is 1. The molecule has 2 rings (SSSR count). The van der Waals surface area contributed by atoms with E-state index in [-0.39, 0.29) is 5.82 Å². The van der Waals surface area contributed by atoms with Gasteiger partial charge in [-0.15, -0.1) is 0 Å². The first-order valence-corrected chi connectivity index (χ1v) is 6.63. The average Bonchev–Trinajstić information content (AvgIpc) is 2.36. The van der Waals surface area contributed by atoms with Crippen LogP contribution in [-0.2, 0) is 0 Å². The maximum atomic E-state index is 13.8. The quantitative estimate of drug-likeness (QED) is 0.847. The van der Waals surface area contributed by atoms with E-state index in [1.54, 1.807) is 0 Å². The van der Waals surface area contributed by atoms with E-state index >= 15 is 0 Å². The van der Waals surface area contributed by atoms with E-state index in [1.165, 1.54) is 18.2 Å². The number of halogens is 3. The Morgan fingerprint density at radius 3 is 2.32 bits per heavy atom. The maximum Gasteiger partial charge on any atom is 0.128 e. The zero-order chi connectivity index (χ0) is 14.2. The van der Waals surface area contributed by atoms with Crippen molar-refractivity contribution < 1.29 is 4.39 Å². The fourth-order valence-corrected chi connectivity index (χ4v) is 2.48. The molecule has 0 aliphatic rings. The van der Waals surface area contributed by atoms with Crippen LogP contribution in [0.25, 0.3) is 0 Å². The van der Waals surface area contributed by atoms with Crippen molar-refractivity contribution in [3.05, 3.63) is 68.4 Å². The van der Waals surface area contributed by atoms with Crippen LogP contribution >= 0.6 is 23.2 Å². The van der Waals surface area contributed by atoms with Crippen LogP contribution < -0.4 is 5.73 Å². The van der Waals surface area contributed by atoms with Crippen LogP contribution in [0.2, 0.25) is 10.0 Å². The fraction of sp³-hybridized carbons (Fsp3) is 0.200. The minimum Gasteiger partial charge on any atom is -0.320 e. The molecule has 0 aromatic heterocycles. The molecule has 2 N–H and O–H groups in total. The molecule has 0 saturated heterocycles. The number of hydrogen-bond acceptors (Lipinski definition) is 1. The Morgan fingerprint density at radius 2 is 1.63 bits per heavy atom. The highest BCUT2D eigenvalue weighted by atomic mass is 35.5. The van der Waals surface area contributed by atoms with E-state index in [9.17, 15) is 4.39 Å². The number of rotatable bonds is 2. The molecule has 0 spiro atoms. The van der Waals surface area contributed by atoms with Gasteiger partial charge >= 0.3 is 0 Å². The van der Waals surface area contributed by atoms with Crippen molar-refractivity contribution in [3.8, 4) is 0 Å². The van der Waals surface area contributed by atoms with Crippen molar-refractivity contribution in [2.75, 3.05) is 0 Å². The molecule has 2 aromatic carbocycles. The van der Waals surface area contributed by atoms with E-state index < -0.39 is 6.04 Å². The molecule has 0 radical (unpaired) electrons. The molecule has 2 aromatic rings. The van der Waals surface area contributed by atoms with Crippen molar-refractivity contribution in [1.82, 2.24) is 0 Å². The molecule has 0 amide bonds. The minimum absolute atomic E-state index is 0.345. The Morgan fingerprint density at radius 1 is 1.00 bits per heavy atom. The molecule has 1 unspecified atom stereocenters. The maximum absolute atomic E-state index is 13.8. The normalized spacial score (nSPS) is 12.5. The van der Waals surface area contributed by atoms with Gasteiger partial charge in [-0.2, -0.15) is 0 Å². The monoisotopic (exact) mass is 297 g/mol. The van der Waals surface area contributed by atoms with Gasteiger partial charge in [-0.3, -0.25) is 0 Å². The first-order chi connectivity index (χ1) is 8.90. The van der Waals surface area contributed by atoms with Crippen molar-refractivity contribution >= 4 is 23.2 Å². The molecule has 1 atom stereocenters. The Labute approximate surface area is 122 Å². The van der Waals surface area contributed by atoms with Gasteiger partial charge in [0.2, 0.25) is 0 Å². The highest BCUT2D eigenvalue weighted by Crippen LogP contribution is 2.31. The van der Waals surface area contributed by atoms with Gasteiger partial charge in [0.15, 0.2) is 0 Å². The lowest BCUT2D eigenvalue weighted by atomic mass is 9.96. The standard InChI is InChI=1S/C15H14Cl2FN/c1-8-5-11(13(17)6-9(8)2)15(19)12-7-10(16)3-4-14(12)18/h3-7,15H,19H2,1-2H3. The Hall–Kier alpha value is -1.09. The van der Waals surface area contributed by atoms with Gasteiger partial charge in [0.05, 0.1) is 6.04 Å². The second-order valence-electron chi connectivity index (χ2n) is 4.60. The molecule has 1 nitrogen and oxygen atoms in total. The van der Waals surface area contributed by atoms with Gasteiger partial charge in [-0.05, 0) is 54.8 Å². The van der Waals surface area contributed by atoms with Gasteiger partial charge in [-0.25, -0.2) is 4.39 Å². The van der Waals surface area contributed by atoms with Crippen LogP contribution in [0.3, 0.4) is 0 Å². The number of nitrogens with two attached hydrogens (primary N) is 1. The molecule has 0 aliphatic heterocycles. The molecule has 0 bridgehead atoms. The van der Waals surface area contributed by atoms with Gasteiger partial charge in [0, 0.05) is 15.6 Å². The third-order valence-electron chi connectivity index (χ3n) is 3.24. The highest BCUT2D eigenvalue weighted by molar-refractivity contribution is 6.31. The lowest BCUT2D eigenvalue weighted by molar-refractivity contribution is 0.599. The average molecular weight is 298 g/mol. The van der Waals surface area contributed by atoms with Gasteiger partial charge < -0.3 is 5.73 Å². The van der Waals surface area contributed by atoms with Gasteiger partial charge in [0.25, 0.3) is 0 Å². The number of benzene rings is 2. The highest BCUT2D eigenvalue weighted by Gasteiger charge is 2.17. The molecule has 100 valence electrons. The molecule has 0 fully saturated rings. The fourth-order valence-electron chi connectivity index (χ4n) is 1.96. The first-order valence-electron chi connectivity index (χ1n) is 5.87. The summed E-state index contributed by atoms with van der Waals surface area (Å²) in [7, 11) is 0. The lowest BCUT2D eigenvalue weighted by Gasteiger charge is -2.17. The second kappa shape index (κ2) is 5.49. The SMILES string of the molecule is Cc1cc(Cl)c(C(N)c2cc(Cl)ccc2F)cc1C. The lowest BCUT2D eigenvalue weighted by Crippen LogP contribution is -2.14. The smallest absolute Gasteiger partial charge is 0.128 e. The summed E-state index contributed by atoms with van der Waals surface area (Å²) in [5.74, 6) is -0.383. The molecule has 0 heterocycles. The van der Waals surface area contributed by atoms with Gasteiger partial charge in [-0.1, -0.05) is 29.3 Å². The Balaban J connectivity index is 2.52. The summed E-state index contributed by atoms with van der Waals surface area (Å²) < 4.78 is 13.8. The van der Waals surface area contributed by atoms with Gasteiger partial charge in [0.1, 0.15) is 5.82 Å². The summed E-state index contributed by atoms with van der Waals surface area (Å²) in [5.41, 5.74) is 9.31. The largest absolute Gasteiger partial charge is 0.320 e. The van der Waals surface area contributed by atoms with E-state index in [0.29, 0.717) is 21.2 Å². The number of aryl methyl sites for hydroxylation is 2. The van der Waals surface area contributed by atoms with Crippen molar-refractivity contribution in [2.45, 2.75) is 19.9 Å². The summed E-state index contributed by atoms with van der Waals surface area (Å²) in [6, 6.07) is 7.44. The second-order valence-corrected chi connectivity index (χ2v) is 5.45. The molecular weight excluding hydrogens is 284 g/mol. The van der Waals surface area contributed by atoms with Crippen LogP contribution in [0.5, 0.6) is 0 Å². The summed E-state index contributed by atoms with van der Waals surface area (Å²) in [6.45, 7) is 3.94. The van der Waals surface area contributed by atoms with Crippen molar-refractivity contribution in [1.29, 1.82) is 0 Å². The van der Waals surface area contributed by atoms with E-state index in [0.717, 1.165) is 11.1 Å². The van der Waals surface area contributed by atoms with Crippen LogP contribution in [-0.4, -0.2) is 0 Å². The predicted octanol–water partition coefficient (Wildman–Crippen LogP) is 4.80. The van der Waals surface area contributed by atoms with Crippen LogP contribution in [0, 0.1) is 19.7 Å². The van der Waals surface area contributed by atoms with Crippen LogP contribution in [0.15, 0.2) is 30.3 Å². The van der Waals surface area contributed by atoms with E-state index in [2.05, 4.69) is 0 Å². The molecule has 0 aliphatic carbocycles. The van der Waals surface area contributed by atoms with E-state index in [1.807, 2.05) is 26.0 Å². The molecule has 4 heteroatoms. The first kappa shape index (κ1) is 14.3. The molecule has 0 saturated carbocycles. The Bertz CT molecular complexity index is 626. The summed E-state index contributed by atoms with van der Waals surface area (Å²) >= 11 is 12.1.